The monoisotopic (exact) mass is 528 g/mol. The summed E-state index contributed by atoms with van der Waals surface area (Å²) in [7, 11) is 1.62. The number of ether oxygens (including phenoxy) is 2. The molecule has 39 heavy (non-hydrogen) atoms. The van der Waals surface area contributed by atoms with Crippen LogP contribution in [0.3, 0.4) is 0 Å². The Labute approximate surface area is 232 Å². The average Bonchev–Trinajstić information content (AvgIpc) is 2.96. The summed E-state index contributed by atoms with van der Waals surface area (Å²) in [6, 6.07) is 22.8. The van der Waals surface area contributed by atoms with Gasteiger partial charge < -0.3 is 19.7 Å². The SMILES string of the molecule is COc1cccc(CN(C(=O)COc2cccc(C)c2C)[C@@H](Cc2ccccc2)C(=O)NC2CCCCC2)c1. The molecule has 0 unspecified atom stereocenters. The Morgan fingerprint density at radius 2 is 1.64 bits per heavy atom. The molecular formula is C33H40N2O4. The zero-order valence-electron chi connectivity index (χ0n) is 23.3. The highest BCUT2D eigenvalue weighted by Gasteiger charge is 2.32. The van der Waals surface area contributed by atoms with Crippen LogP contribution in [0.1, 0.15) is 54.4 Å². The topological polar surface area (TPSA) is 67.9 Å². The third-order valence-corrected chi connectivity index (χ3v) is 7.62. The molecule has 4 rings (SSSR count). The van der Waals surface area contributed by atoms with E-state index >= 15 is 0 Å². The third kappa shape index (κ3) is 7.85. The molecule has 1 aliphatic rings. The van der Waals surface area contributed by atoms with E-state index in [1.54, 1.807) is 12.0 Å². The number of carbonyl (C=O) groups is 2. The molecular weight excluding hydrogens is 488 g/mol. The molecule has 0 aromatic heterocycles. The van der Waals surface area contributed by atoms with Crippen LogP contribution < -0.4 is 14.8 Å². The normalized spacial score (nSPS) is 14.3. The molecule has 206 valence electrons. The van der Waals surface area contributed by atoms with Gasteiger partial charge in [-0.2, -0.15) is 0 Å². The fourth-order valence-corrected chi connectivity index (χ4v) is 5.17. The van der Waals surface area contributed by atoms with Crippen molar-refractivity contribution < 1.29 is 19.1 Å². The van der Waals surface area contributed by atoms with Crippen LogP contribution in [0.25, 0.3) is 0 Å². The zero-order valence-corrected chi connectivity index (χ0v) is 23.3. The highest BCUT2D eigenvalue weighted by Crippen LogP contribution is 2.23. The van der Waals surface area contributed by atoms with Gasteiger partial charge in [-0.15, -0.1) is 0 Å². The molecule has 3 aromatic rings. The van der Waals surface area contributed by atoms with E-state index in [0.717, 1.165) is 47.9 Å². The van der Waals surface area contributed by atoms with E-state index in [1.165, 1.54) is 6.42 Å². The van der Waals surface area contributed by atoms with Crippen molar-refractivity contribution in [1.82, 2.24) is 10.2 Å². The minimum atomic E-state index is -0.685. The van der Waals surface area contributed by atoms with Crippen LogP contribution in [0.4, 0.5) is 0 Å². The Kier molecular flexibility index (Phi) is 10.0. The molecule has 0 spiro atoms. The number of nitrogens with zero attached hydrogens (tertiary/aromatic N) is 1. The first-order valence-corrected chi connectivity index (χ1v) is 13.9. The van der Waals surface area contributed by atoms with Crippen molar-refractivity contribution in [3.05, 3.63) is 95.1 Å². The van der Waals surface area contributed by atoms with Crippen molar-refractivity contribution >= 4 is 11.8 Å². The number of hydrogen-bond donors (Lipinski definition) is 1. The number of aryl methyl sites for hydroxylation is 1. The van der Waals surface area contributed by atoms with Gasteiger partial charge in [-0.05, 0) is 67.1 Å². The van der Waals surface area contributed by atoms with Crippen molar-refractivity contribution in [1.29, 1.82) is 0 Å². The molecule has 0 heterocycles. The second-order valence-electron chi connectivity index (χ2n) is 10.4. The largest absolute Gasteiger partial charge is 0.497 e. The maximum absolute atomic E-state index is 13.9. The minimum absolute atomic E-state index is 0.117. The van der Waals surface area contributed by atoms with Gasteiger partial charge in [0, 0.05) is 19.0 Å². The first-order valence-electron chi connectivity index (χ1n) is 13.9. The smallest absolute Gasteiger partial charge is 0.261 e. The summed E-state index contributed by atoms with van der Waals surface area (Å²) < 4.78 is 11.4. The van der Waals surface area contributed by atoms with Gasteiger partial charge >= 0.3 is 0 Å². The Morgan fingerprint density at radius 3 is 2.38 bits per heavy atom. The summed E-state index contributed by atoms with van der Waals surface area (Å²) in [4.78, 5) is 29.4. The van der Waals surface area contributed by atoms with E-state index in [1.807, 2.05) is 86.6 Å². The lowest BCUT2D eigenvalue weighted by Gasteiger charge is -2.33. The predicted molar refractivity (Wildman–Crippen MR) is 154 cm³/mol. The summed E-state index contributed by atoms with van der Waals surface area (Å²) in [5.74, 6) is 1.03. The van der Waals surface area contributed by atoms with E-state index in [4.69, 9.17) is 9.47 Å². The lowest BCUT2D eigenvalue weighted by molar-refractivity contribution is -0.143. The molecule has 1 N–H and O–H groups in total. The summed E-state index contributed by atoms with van der Waals surface area (Å²) in [5, 5.41) is 3.27. The van der Waals surface area contributed by atoms with Crippen LogP contribution in [0.2, 0.25) is 0 Å². The van der Waals surface area contributed by atoms with Crippen molar-refractivity contribution in [2.24, 2.45) is 0 Å². The Morgan fingerprint density at radius 1 is 0.923 bits per heavy atom. The van der Waals surface area contributed by atoms with Crippen molar-refractivity contribution in [3.63, 3.8) is 0 Å². The Bertz CT molecular complexity index is 1240. The molecule has 6 nitrogen and oxygen atoms in total. The number of nitrogens with one attached hydrogen (secondary N) is 1. The minimum Gasteiger partial charge on any atom is -0.497 e. The lowest BCUT2D eigenvalue weighted by Crippen LogP contribution is -2.53. The number of benzene rings is 3. The molecule has 2 amide bonds. The number of amides is 2. The van der Waals surface area contributed by atoms with Crippen LogP contribution in [0.15, 0.2) is 72.8 Å². The second-order valence-corrected chi connectivity index (χ2v) is 10.4. The standard InChI is InChI=1S/C33H40N2O4/c1-24-12-10-19-31(25(24)2)39-23-32(36)35(22-27-15-11-18-29(20-27)38-3)30(21-26-13-6-4-7-14-26)33(37)34-28-16-8-5-9-17-28/h4,6-7,10-15,18-20,28,30H,5,8-9,16-17,21-23H2,1-3H3,(H,34,37)/t30-/m0/s1. The highest BCUT2D eigenvalue weighted by atomic mass is 16.5. The summed E-state index contributed by atoms with van der Waals surface area (Å²) in [5.41, 5.74) is 3.99. The highest BCUT2D eigenvalue weighted by molar-refractivity contribution is 5.88. The number of methoxy groups -OCH3 is 1. The number of hydrogen-bond acceptors (Lipinski definition) is 4. The molecule has 0 aliphatic heterocycles. The molecule has 6 heteroatoms. The van der Waals surface area contributed by atoms with Gasteiger partial charge in [0.1, 0.15) is 17.5 Å². The van der Waals surface area contributed by atoms with Crippen molar-refractivity contribution in [2.45, 2.75) is 71.0 Å². The van der Waals surface area contributed by atoms with Crippen LogP contribution in [0, 0.1) is 13.8 Å². The van der Waals surface area contributed by atoms with Gasteiger partial charge in [-0.3, -0.25) is 9.59 Å². The van der Waals surface area contributed by atoms with E-state index in [0.29, 0.717) is 17.9 Å². The average molecular weight is 529 g/mol. The fraction of sp³-hybridized carbons (Fsp3) is 0.394. The maximum Gasteiger partial charge on any atom is 0.261 e. The fourth-order valence-electron chi connectivity index (χ4n) is 5.17. The molecule has 3 aromatic carbocycles. The van der Waals surface area contributed by atoms with Crippen molar-refractivity contribution in [2.75, 3.05) is 13.7 Å². The molecule has 0 saturated heterocycles. The molecule has 1 fully saturated rings. The lowest BCUT2D eigenvalue weighted by atomic mass is 9.94. The van der Waals surface area contributed by atoms with E-state index in [-0.39, 0.29) is 31.0 Å². The quantitative estimate of drug-likeness (QED) is 0.343. The van der Waals surface area contributed by atoms with Crippen LogP contribution in [0.5, 0.6) is 11.5 Å². The van der Waals surface area contributed by atoms with E-state index < -0.39 is 6.04 Å². The molecule has 1 atom stereocenters. The third-order valence-electron chi connectivity index (χ3n) is 7.62. The van der Waals surface area contributed by atoms with Crippen LogP contribution >= 0.6 is 0 Å². The first-order chi connectivity index (χ1) is 18.9. The van der Waals surface area contributed by atoms with Gasteiger partial charge in [0.25, 0.3) is 5.91 Å². The molecule has 0 bridgehead atoms. The summed E-state index contributed by atoms with van der Waals surface area (Å²) >= 11 is 0. The number of carbonyl (C=O) groups excluding carboxylic acids is 2. The van der Waals surface area contributed by atoms with E-state index in [9.17, 15) is 9.59 Å². The number of rotatable bonds is 11. The summed E-state index contributed by atoms with van der Waals surface area (Å²) in [6.45, 7) is 4.11. The van der Waals surface area contributed by atoms with Gasteiger partial charge in [-0.25, -0.2) is 0 Å². The van der Waals surface area contributed by atoms with Gasteiger partial charge in [0.15, 0.2) is 6.61 Å². The van der Waals surface area contributed by atoms with Crippen LogP contribution in [-0.4, -0.2) is 42.5 Å². The summed E-state index contributed by atoms with van der Waals surface area (Å²) in [6.07, 6.45) is 5.80. The van der Waals surface area contributed by atoms with Crippen molar-refractivity contribution in [3.8, 4) is 11.5 Å². The van der Waals surface area contributed by atoms with Gasteiger partial charge in [-0.1, -0.05) is 73.9 Å². The van der Waals surface area contributed by atoms with Crippen LogP contribution in [-0.2, 0) is 22.6 Å². The zero-order chi connectivity index (χ0) is 27.6. The first kappa shape index (κ1) is 28.2. The van der Waals surface area contributed by atoms with E-state index in [2.05, 4.69) is 5.32 Å². The predicted octanol–water partition coefficient (Wildman–Crippen LogP) is 5.78. The Balaban J connectivity index is 1.63. The second kappa shape index (κ2) is 13.8. The Hall–Kier alpha value is -3.80. The maximum atomic E-state index is 13.9. The van der Waals surface area contributed by atoms with Gasteiger partial charge in [0.05, 0.1) is 7.11 Å². The molecule has 1 saturated carbocycles. The molecule has 0 radical (unpaired) electrons. The van der Waals surface area contributed by atoms with Gasteiger partial charge in [0.2, 0.25) is 5.91 Å². The molecule has 1 aliphatic carbocycles.